The van der Waals surface area contributed by atoms with Crippen molar-refractivity contribution in [2.45, 2.75) is 52.6 Å². The number of likely N-dealkylation sites (tertiary alicyclic amines) is 1. The Morgan fingerprint density at radius 2 is 2.10 bits per heavy atom. The zero-order chi connectivity index (χ0) is 15.4. The maximum atomic E-state index is 10.1. The summed E-state index contributed by atoms with van der Waals surface area (Å²) >= 11 is 0. The molecule has 1 fully saturated rings. The van der Waals surface area contributed by atoms with Crippen molar-refractivity contribution in [3.05, 3.63) is 29.3 Å². The predicted molar refractivity (Wildman–Crippen MR) is 88.7 cm³/mol. The van der Waals surface area contributed by atoms with E-state index in [1.165, 1.54) is 18.4 Å². The Kier molecular flexibility index (Phi) is 5.65. The van der Waals surface area contributed by atoms with Gasteiger partial charge in [-0.3, -0.25) is 4.90 Å². The summed E-state index contributed by atoms with van der Waals surface area (Å²) < 4.78 is 0. The van der Waals surface area contributed by atoms with Crippen molar-refractivity contribution in [2.24, 2.45) is 5.92 Å². The van der Waals surface area contributed by atoms with Crippen LogP contribution in [-0.2, 0) is 0 Å². The van der Waals surface area contributed by atoms with Gasteiger partial charge in [0.2, 0.25) is 0 Å². The summed E-state index contributed by atoms with van der Waals surface area (Å²) in [6.07, 6.45) is 2.56. The van der Waals surface area contributed by atoms with Crippen LogP contribution in [0.1, 0.15) is 50.8 Å². The van der Waals surface area contributed by atoms with Gasteiger partial charge in [-0.1, -0.05) is 31.5 Å². The first-order chi connectivity index (χ1) is 9.97. The molecule has 3 heteroatoms. The maximum absolute atomic E-state index is 10.1. The van der Waals surface area contributed by atoms with Crippen molar-refractivity contribution in [3.63, 3.8) is 0 Å². The fourth-order valence-corrected chi connectivity index (χ4v) is 3.22. The van der Waals surface area contributed by atoms with E-state index in [9.17, 15) is 5.11 Å². The van der Waals surface area contributed by atoms with E-state index in [2.05, 4.69) is 44.0 Å². The molecule has 2 rings (SSSR count). The van der Waals surface area contributed by atoms with Crippen LogP contribution >= 0.6 is 0 Å². The topological polar surface area (TPSA) is 35.5 Å². The smallest absolute Gasteiger partial charge is 0.120 e. The molecule has 0 radical (unpaired) electrons. The molecule has 0 spiro atoms. The highest BCUT2D eigenvalue weighted by atomic mass is 16.3. The van der Waals surface area contributed by atoms with Crippen molar-refractivity contribution in [3.8, 4) is 5.75 Å². The van der Waals surface area contributed by atoms with Gasteiger partial charge in [0.1, 0.15) is 5.75 Å². The Labute approximate surface area is 129 Å². The van der Waals surface area contributed by atoms with E-state index in [1.54, 1.807) is 0 Å². The third kappa shape index (κ3) is 4.45. The van der Waals surface area contributed by atoms with Crippen LogP contribution in [0.15, 0.2) is 18.2 Å². The number of hydrogen-bond donors (Lipinski definition) is 2. The van der Waals surface area contributed by atoms with Gasteiger partial charge in [-0.15, -0.1) is 0 Å². The quantitative estimate of drug-likeness (QED) is 0.871. The second-order valence-corrected chi connectivity index (χ2v) is 6.80. The number of piperidine rings is 1. The summed E-state index contributed by atoms with van der Waals surface area (Å²) in [4.78, 5) is 2.52. The van der Waals surface area contributed by atoms with Crippen molar-refractivity contribution in [1.82, 2.24) is 10.2 Å². The number of rotatable bonds is 5. The molecule has 1 aromatic carbocycles. The van der Waals surface area contributed by atoms with Gasteiger partial charge in [-0.25, -0.2) is 0 Å². The van der Waals surface area contributed by atoms with Crippen LogP contribution in [-0.4, -0.2) is 35.7 Å². The lowest BCUT2D eigenvalue weighted by Gasteiger charge is -2.37. The number of hydrogen-bond acceptors (Lipinski definition) is 3. The Bertz CT molecular complexity index is 459. The van der Waals surface area contributed by atoms with Gasteiger partial charge in [0.05, 0.1) is 0 Å². The van der Waals surface area contributed by atoms with E-state index < -0.39 is 0 Å². The second kappa shape index (κ2) is 7.28. The van der Waals surface area contributed by atoms with Crippen LogP contribution in [0.25, 0.3) is 0 Å². The van der Waals surface area contributed by atoms with Crippen LogP contribution in [0.2, 0.25) is 0 Å². The van der Waals surface area contributed by atoms with Crippen LogP contribution in [0, 0.1) is 12.8 Å². The average Bonchev–Trinajstić information content (AvgIpc) is 2.47. The molecule has 0 bridgehead atoms. The molecule has 0 saturated carbocycles. The van der Waals surface area contributed by atoms with Crippen molar-refractivity contribution in [2.75, 3.05) is 19.6 Å². The molecule has 118 valence electrons. The fourth-order valence-electron chi connectivity index (χ4n) is 3.22. The summed E-state index contributed by atoms with van der Waals surface area (Å²) in [7, 11) is 0. The number of benzene rings is 1. The van der Waals surface area contributed by atoms with Crippen molar-refractivity contribution >= 4 is 0 Å². The zero-order valence-corrected chi connectivity index (χ0v) is 13.9. The molecule has 1 saturated heterocycles. The van der Waals surface area contributed by atoms with Crippen LogP contribution in [0.5, 0.6) is 5.75 Å². The van der Waals surface area contributed by atoms with E-state index >= 15 is 0 Å². The molecule has 2 N–H and O–H groups in total. The summed E-state index contributed by atoms with van der Waals surface area (Å²) in [5.74, 6) is 1.14. The lowest BCUT2D eigenvalue weighted by Crippen LogP contribution is -2.42. The maximum Gasteiger partial charge on any atom is 0.120 e. The number of nitrogens with one attached hydrogen (secondary N) is 1. The lowest BCUT2D eigenvalue weighted by molar-refractivity contribution is 0.128. The van der Waals surface area contributed by atoms with Gasteiger partial charge in [0, 0.05) is 24.2 Å². The van der Waals surface area contributed by atoms with Gasteiger partial charge < -0.3 is 10.4 Å². The van der Waals surface area contributed by atoms with Crippen LogP contribution in [0.4, 0.5) is 0 Å². The first-order valence-electron chi connectivity index (χ1n) is 8.24. The van der Waals surface area contributed by atoms with E-state index in [0.717, 1.165) is 31.1 Å². The van der Waals surface area contributed by atoms with Gasteiger partial charge in [-0.2, -0.15) is 0 Å². The molecular weight excluding hydrogens is 260 g/mol. The van der Waals surface area contributed by atoms with E-state index in [1.807, 2.05) is 12.1 Å². The monoisotopic (exact) mass is 290 g/mol. The van der Waals surface area contributed by atoms with E-state index in [0.29, 0.717) is 11.8 Å². The number of phenolic OH excluding ortho intramolecular Hbond substituents is 1. The largest absolute Gasteiger partial charge is 0.508 e. The highest BCUT2D eigenvalue weighted by molar-refractivity contribution is 5.37. The zero-order valence-electron chi connectivity index (χ0n) is 13.9. The molecule has 1 heterocycles. The molecule has 0 amide bonds. The Morgan fingerprint density at radius 1 is 1.33 bits per heavy atom. The molecule has 1 aliphatic heterocycles. The minimum atomic E-state index is 0.284. The standard InChI is InChI=1S/C18H30N2O/c1-13(2)19-11-16-6-5-9-20(12-16)15(4)17-10-14(3)7-8-18(17)21/h7-8,10,13,15-16,19,21H,5-6,9,11-12H2,1-4H3. The van der Waals surface area contributed by atoms with Crippen LogP contribution in [0.3, 0.4) is 0 Å². The van der Waals surface area contributed by atoms with Gasteiger partial charge in [0.15, 0.2) is 0 Å². The number of nitrogens with zero attached hydrogens (tertiary/aromatic N) is 1. The Balaban J connectivity index is 2.01. The average molecular weight is 290 g/mol. The SMILES string of the molecule is Cc1ccc(O)c(C(C)N2CCCC(CNC(C)C)C2)c1. The second-order valence-electron chi connectivity index (χ2n) is 6.80. The molecule has 0 aromatic heterocycles. The van der Waals surface area contributed by atoms with Gasteiger partial charge in [0.25, 0.3) is 0 Å². The summed E-state index contributed by atoms with van der Waals surface area (Å²) in [6, 6.07) is 6.75. The van der Waals surface area contributed by atoms with Crippen molar-refractivity contribution < 1.29 is 5.11 Å². The molecule has 3 nitrogen and oxygen atoms in total. The minimum absolute atomic E-state index is 0.284. The van der Waals surface area contributed by atoms with E-state index in [4.69, 9.17) is 0 Å². The molecule has 1 aliphatic rings. The molecule has 21 heavy (non-hydrogen) atoms. The van der Waals surface area contributed by atoms with Crippen LogP contribution < -0.4 is 5.32 Å². The third-order valence-electron chi connectivity index (χ3n) is 4.55. The van der Waals surface area contributed by atoms with E-state index in [-0.39, 0.29) is 6.04 Å². The molecule has 2 unspecified atom stereocenters. The highest BCUT2D eigenvalue weighted by Crippen LogP contribution is 2.32. The number of aromatic hydroxyl groups is 1. The molecular formula is C18H30N2O. The molecule has 2 atom stereocenters. The fraction of sp³-hybridized carbons (Fsp3) is 0.667. The Hall–Kier alpha value is -1.06. The molecule has 0 aliphatic carbocycles. The summed E-state index contributed by atoms with van der Waals surface area (Å²) in [6.45, 7) is 12.1. The lowest BCUT2D eigenvalue weighted by atomic mass is 9.94. The minimum Gasteiger partial charge on any atom is -0.508 e. The number of aryl methyl sites for hydroxylation is 1. The third-order valence-corrected chi connectivity index (χ3v) is 4.55. The highest BCUT2D eigenvalue weighted by Gasteiger charge is 2.25. The first kappa shape index (κ1) is 16.3. The first-order valence-corrected chi connectivity index (χ1v) is 8.24. The summed E-state index contributed by atoms with van der Waals surface area (Å²) in [5, 5.41) is 13.7. The normalized spacial score (nSPS) is 21.7. The Morgan fingerprint density at radius 3 is 2.81 bits per heavy atom. The van der Waals surface area contributed by atoms with Gasteiger partial charge in [-0.05, 0) is 51.8 Å². The predicted octanol–water partition coefficient (Wildman–Crippen LogP) is 3.47. The van der Waals surface area contributed by atoms with Crippen molar-refractivity contribution in [1.29, 1.82) is 0 Å². The van der Waals surface area contributed by atoms with Gasteiger partial charge >= 0.3 is 0 Å². The molecule has 1 aromatic rings. The number of phenols is 1. The summed E-state index contributed by atoms with van der Waals surface area (Å²) in [5.41, 5.74) is 2.28.